The highest BCUT2D eigenvalue weighted by Gasteiger charge is 2.17. The zero-order valence-electron chi connectivity index (χ0n) is 11.7. The average Bonchev–Trinajstić information content (AvgIpc) is 2.28. The summed E-state index contributed by atoms with van der Waals surface area (Å²) in [5.74, 6) is 0.571. The molecule has 2 heteroatoms. The van der Waals surface area contributed by atoms with Gasteiger partial charge in [0.25, 0.3) is 0 Å². The molecule has 0 amide bonds. The van der Waals surface area contributed by atoms with E-state index in [-0.39, 0.29) is 0 Å². The first kappa shape index (κ1) is 14.2. The number of hydrogen-bond acceptors (Lipinski definition) is 2. The highest BCUT2D eigenvalue weighted by atomic mass is 16.5. The molecule has 1 rings (SSSR count). The first-order chi connectivity index (χ1) is 8.06. The van der Waals surface area contributed by atoms with Crippen LogP contribution in [0, 0.1) is 12.8 Å². The minimum Gasteiger partial charge on any atom is -0.383 e. The summed E-state index contributed by atoms with van der Waals surface area (Å²) in [5.41, 5.74) is 2.71. The lowest BCUT2D eigenvalue weighted by Crippen LogP contribution is -2.39. The second kappa shape index (κ2) is 6.77. The third-order valence-electron chi connectivity index (χ3n) is 3.27. The number of aryl methyl sites for hydroxylation is 1. The molecule has 0 radical (unpaired) electrons. The lowest BCUT2D eigenvalue weighted by molar-refractivity contribution is 0.141. The summed E-state index contributed by atoms with van der Waals surface area (Å²) in [4.78, 5) is 0. The summed E-state index contributed by atoms with van der Waals surface area (Å²) >= 11 is 0. The van der Waals surface area contributed by atoms with Crippen LogP contribution in [0.1, 0.15) is 37.9 Å². The molecule has 1 N–H and O–H groups in total. The molecule has 2 nitrogen and oxygen atoms in total. The van der Waals surface area contributed by atoms with E-state index in [1.165, 1.54) is 11.1 Å². The van der Waals surface area contributed by atoms with Crippen molar-refractivity contribution in [2.45, 2.75) is 39.8 Å². The highest BCUT2D eigenvalue weighted by molar-refractivity contribution is 5.28. The molecule has 0 aliphatic carbocycles. The second-order valence-corrected chi connectivity index (χ2v) is 5.05. The Bertz CT molecular complexity index is 335. The number of nitrogens with one attached hydrogen (secondary N) is 1. The predicted octanol–water partition coefficient (Wildman–Crippen LogP) is 3.32. The molecule has 96 valence electrons. The maximum Gasteiger partial charge on any atom is 0.0618 e. The molecule has 1 aromatic rings. The van der Waals surface area contributed by atoms with Crippen molar-refractivity contribution in [3.63, 3.8) is 0 Å². The van der Waals surface area contributed by atoms with Crippen molar-refractivity contribution in [1.82, 2.24) is 5.32 Å². The molecule has 0 spiro atoms. The zero-order chi connectivity index (χ0) is 12.8. The fraction of sp³-hybridized carbons (Fsp3) is 0.600. The third kappa shape index (κ3) is 4.14. The second-order valence-electron chi connectivity index (χ2n) is 5.05. The molecular formula is C15H25NO. The number of rotatable bonds is 6. The van der Waals surface area contributed by atoms with Crippen molar-refractivity contribution in [2.24, 2.45) is 5.92 Å². The van der Waals surface area contributed by atoms with Crippen LogP contribution in [0.3, 0.4) is 0 Å². The van der Waals surface area contributed by atoms with Crippen LogP contribution in [0.25, 0.3) is 0 Å². The standard InChI is InChI=1S/C15H25NO/c1-11(2)15(10-17-5)16-13(4)14-9-7-6-8-12(14)3/h6-9,11,13,15-16H,10H2,1-5H3. The van der Waals surface area contributed by atoms with E-state index in [1.807, 2.05) is 0 Å². The Morgan fingerprint density at radius 3 is 2.35 bits per heavy atom. The first-order valence-corrected chi connectivity index (χ1v) is 6.36. The summed E-state index contributed by atoms with van der Waals surface area (Å²) in [6.45, 7) is 9.58. The van der Waals surface area contributed by atoms with Crippen molar-refractivity contribution >= 4 is 0 Å². The van der Waals surface area contributed by atoms with Gasteiger partial charge in [0.1, 0.15) is 0 Å². The van der Waals surface area contributed by atoms with E-state index in [2.05, 4.69) is 57.3 Å². The number of methoxy groups -OCH3 is 1. The van der Waals surface area contributed by atoms with Gasteiger partial charge in [0, 0.05) is 19.2 Å². The third-order valence-corrected chi connectivity index (χ3v) is 3.27. The van der Waals surface area contributed by atoms with Crippen LogP contribution in [-0.2, 0) is 4.74 Å². The molecule has 0 bridgehead atoms. The molecule has 0 aliphatic rings. The summed E-state index contributed by atoms with van der Waals surface area (Å²) < 4.78 is 5.27. The number of benzene rings is 1. The average molecular weight is 235 g/mol. The molecule has 0 saturated heterocycles. The largest absolute Gasteiger partial charge is 0.383 e. The summed E-state index contributed by atoms with van der Waals surface area (Å²) in [5, 5.41) is 3.65. The van der Waals surface area contributed by atoms with Crippen molar-refractivity contribution in [2.75, 3.05) is 13.7 Å². The molecule has 2 unspecified atom stereocenters. The van der Waals surface area contributed by atoms with E-state index in [9.17, 15) is 0 Å². The molecule has 0 aromatic heterocycles. The van der Waals surface area contributed by atoms with E-state index in [0.717, 1.165) is 6.61 Å². The molecule has 17 heavy (non-hydrogen) atoms. The molecule has 1 aromatic carbocycles. The van der Waals surface area contributed by atoms with E-state index in [4.69, 9.17) is 4.74 Å². The summed E-state index contributed by atoms with van der Waals surface area (Å²) in [6, 6.07) is 9.29. The minimum absolute atomic E-state index is 0.360. The molecule has 0 saturated carbocycles. The van der Waals surface area contributed by atoms with E-state index >= 15 is 0 Å². The first-order valence-electron chi connectivity index (χ1n) is 6.36. The van der Waals surface area contributed by atoms with Crippen LogP contribution >= 0.6 is 0 Å². The zero-order valence-corrected chi connectivity index (χ0v) is 11.7. The smallest absolute Gasteiger partial charge is 0.0618 e. The highest BCUT2D eigenvalue weighted by Crippen LogP contribution is 2.18. The van der Waals surface area contributed by atoms with Gasteiger partial charge in [0.2, 0.25) is 0 Å². The Balaban J connectivity index is 2.70. The van der Waals surface area contributed by atoms with Gasteiger partial charge >= 0.3 is 0 Å². The Morgan fingerprint density at radius 2 is 1.82 bits per heavy atom. The van der Waals surface area contributed by atoms with Gasteiger partial charge in [0.05, 0.1) is 6.61 Å². The topological polar surface area (TPSA) is 21.3 Å². The number of ether oxygens (including phenoxy) is 1. The molecule has 0 fully saturated rings. The van der Waals surface area contributed by atoms with Gasteiger partial charge in [-0.05, 0) is 30.9 Å². The van der Waals surface area contributed by atoms with Crippen LogP contribution in [0.4, 0.5) is 0 Å². The van der Waals surface area contributed by atoms with Crippen LogP contribution < -0.4 is 5.32 Å². The quantitative estimate of drug-likeness (QED) is 0.816. The molecular weight excluding hydrogens is 210 g/mol. The van der Waals surface area contributed by atoms with Crippen LogP contribution in [-0.4, -0.2) is 19.8 Å². The van der Waals surface area contributed by atoms with Gasteiger partial charge in [-0.15, -0.1) is 0 Å². The van der Waals surface area contributed by atoms with Gasteiger partial charge in [-0.3, -0.25) is 0 Å². The fourth-order valence-corrected chi connectivity index (χ4v) is 2.10. The molecule has 2 atom stereocenters. The monoisotopic (exact) mass is 235 g/mol. The minimum atomic E-state index is 0.360. The maximum absolute atomic E-state index is 5.27. The molecule has 0 heterocycles. The van der Waals surface area contributed by atoms with Gasteiger partial charge < -0.3 is 10.1 Å². The van der Waals surface area contributed by atoms with Gasteiger partial charge in [-0.25, -0.2) is 0 Å². The Morgan fingerprint density at radius 1 is 1.18 bits per heavy atom. The summed E-state index contributed by atoms with van der Waals surface area (Å²) in [7, 11) is 1.76. The van der Waals surface area contributed by atoms with Crippen molar-refractivity contribution in [1.29, 1.82) is 0 Å². The van der Waals surface area contributed by atoms with Crippen LogP contribution in [0.15, 0.2) is 24.3 Å². The predicted molar refractivity (Wildman–Crippen MR) is 73.2 cm³/mol. The van der Waals surface area contributed by atoms with Gasteiger partial charge in [-0.1, -0.05) is 38.1 Å². The molecule has 0 aliphatic heterocycles. The lowest BCUT2D eigenvalue weighted by atomic mass is 9.99. The Labute approximate surface area is 105 Å². The lowest BCUT2D eigenvalue weighted by Gasteiger charge is -2.27. The van der Waals surface area contributed by atoms with Crippen LogP contribution in [0.2, 0.25) is 0 Å². The Hall–Kier alpha value is -0.860. The van der Waals surface area contributed by atoms with Gasteiger partial charge in [-0.2, -0.15) is 0 Å². The summed E-state index contributed by atoms with van der Waals surface area (Å²) in [6.07, 6.45) is 0. The van der Waals surface area contributed by atoms with Crippen molar-refractivity contribution in [3.8, 4) is 0 Å². The van der Waals surface area contributed by atoms with E-state index in [1.54, 1.807) is 7.11 Å². The SMILES string of the molecule is COCC(NC(C)c1ccccc1C)C(C)C. The van der Waals surface area contributed by atoms with E-state index < -0.39 is 0 Å². The van der Waals surface area contributed by atoms with Crippen LogP contribution in [0.5, 0.6) is 0 Å². The normalized spacial score (nSPS) is 14.9. The fourth-order valence-electron chi connectivity index (χ4n) is 2.10. The van der Waals surface area contributed by atoms with Crippen molar-refractivity contribution < 1.29 is 4.74 Å². The van der Waals surface area contributed by atoms with E-state index in [0.29, 0.717) is 18.0 Å². The van der Waals surface area contributed by atoms with Crippen molar-refractivity contribution in [3.05, 3.63) is 35.4 Å². The maximum atomic E-state index is 5.27. The number of hydrogen-bond donors (Lipinski definition) is 1. The van der Waals surface area contributed by atoms with Gasteiger partial charge in [0.15, 0.2) is 0 Å². The Kier molecular flexibility index (Phi) is 5.66.